The zero-order valence-electron chi connectivity index (χ0n) is 14.1. The van der Waals surface area contributed by atoms with E-state index >= 15 is 0 Å². The fraction of sp³-hybridized carbons (Fsp3) is 0.889. The Kier molecular flexibility index (Phi) is 9.70. The molecule has 0 aliphatic heterocycles. The van der Waals surface area contributed by atoms with Crippen LogP contribution in [-0.4, -0.2) is 25.2 Å². The Morgan fingerprint density at radius 1 is 0.818 bits per heavy atom. The van der Waals surface area contributed by atoms with Crippen molar-refractivity contribution in [3.05, 3.63) is 0 Å². The van der Waals surface area contributed by atoms with Crippen molar-refractivity contribution >= 4 is 12.2 Å². The molecule has 0 radical (unpaired) electrons. The first-order chi connectivity index (χ1) is 10.8. The summed E-state index contributed by atoms with van der Waals surface area (Å²) in [5.74, 6) is 2.38. The van der Waals surface area contributed by atoms with Gasteiger partial charge in [0.1, 0.15) is 0 Å². The van der Waals surface area contributed by atoms with E-state index in [4.69, 9.17) is 0 Å². The molecule has 0 saturated heterocycles. The number of rotatable bonds is 8. The highest BCUT2D eigenvalue weighted by Crippen LogP contribution is 2.51. The van der Waals surface area contributed by atoms with Crippen molar-refractivity contribution in [2.24, 2.45) is 33.7 Å². The minimum atomic E-state index is 0.511. The summed E-state index contributed by atoms with van der Waals surface area (Å²) in [5, 5.41) is 0. The molecule has 2 saturated carbocycles. The standard InChI is InChI=1S/C11H14N2O2.C7H16/c14-6-12-4-9-1-8-2-10(5-13-7-15)11(9)3-8;1-3-5-7-6-4-2/h8-11H,1-5H2;3-7H2,1-2H3. The van der Waals surface area contributed by atoms with Crippen LogP contribution in [0.4, 0.5) is 0 Å². The molecule has 2 aliphatic rings. The summed E-state index contributed by atoms with van der Waals surface area (Å²) in [7, 11) is 0. The van der Waals surface area contributed by atoms with Crippen molar-refractivity contribution in [2.75, 3.05) is 13.1 Å². The fourth-order valence-electron chi connectivity index (χ4n) is 4.05. The van der Waals surface area contributed by atoms with Gasteiger partial charge in [0.05, 0.1) is 13.1 Å². The van der Waals surface area contributed by atoms with Crippen molar-refractivity contribution < 1.29 is 9.59 Å². The van der Waals surface area contributed by atoms with E-state index in [1.54, 1.807) is 12.2 Å². The number of isocyanates is 2. The highest BCUT2D eigenvalue weighted by Gasteiger charge is 2.45. The van der Waals surface area contributed by atoms with E-state index in [0.717, 1.165) is 5.92 Å². The minimum absolute atomic E-state index is 0.511. The van der Waals surface area contributed by atoms with Gasteiger partial charge in [0.15, 0.2) is 0 Å². The number of fused-ring (bicyclic) bond motifs is 2. The van der Waals surface area contributed by atoms with Gasteiger partial charge < -0.3 is 0 Å². The maximum Gasteiger partial charge on any atom is 0.234 e. The van der Waals surface area contributed by atoms with Gasteiger partial charge >= 0.3 is 0 Å². The first-order valence-corrected chi connectivity index (χ1v) is 8.83. The van der Waals surface area contributed by atoms with E-state index < -0.39 is 0 Å². The van der Waals surface area contributed by atoms with Gasteiger partial charge in [-0.2, -0.15) is 0 Å². The molecular weight excluding hydrogens is 276 g/mol. The summed E-state index contributed by atoms with van der Waals surface area (Å²) in [4.78, 5) is 27.5. The molecule has 0 N–H and O–H groups in total. The highest BCUT2D eigenvalue weighted by molar-refractivity contribution is 5.33. The van der Waals surface area contributed by atoms with Crippen LogP contribution in [0.5, 0.6) is 0 Å². The fourth-order valence-corrected chi connectivity index (χ4v) is 4.05. The zero-order valence-corrected chi connectivity index (χ0v) is 14.1. The van der Waals surface area contributed by atoms with Crippen LogP contribution in [0.3, 0.4) is 0 Å². The molecule has 2 rings (SSSR count). The largest absolute Gasteiger partial charge is 0.234 e. The number of hydrogen-bond acceptors (Lipinski definition) is 4. The van der Waals surface area contributed by atoms with Crippen LogP contribution in [0.2, 0.25) is 0 Å². The van der Waals surface area contributed by atoms with E-state index in [9.17, 15) is 9.59 Å². The van der Waals surface area contributed by atoms with E-state index in [-0.39, 0.29) is 0 Å². The Morgan fingerprint density at radius 3 is 1.68 bits per heavy atom. The maximum atomic E-state index is 10.1. The van der Waals surface area contributed by atoms with Crippen LogP contribution >= 0.6 is 0 Å². The summed E-state index contributed by atoms with van der Waals surface area (Å²) in [6.07, 6.45) is 13.8. The van der Waals surface area contributed by atoms with Gasteiger partial charge in [0, 0.05) is 0 Å². The third-order valence-corrected chi connectivity index (χ3v) is 5.08. The van der Waals surface area contributed by atoms with Crippen LogP contribution in [0.25, 0.3) is 0 Å². The molecule has 0 heterocycles. The topological polar surface area (TPSA) is 58.9 Å². The quantitative estimate of drug-likeness (QED) is 0.381. The number of hydrogen-bond donors (Lipinski definition) is 0. The van der Waals surface area contributed by atoms with Crippen LogP contribution in [0, 0.1) is 23.7 Å². The highest BCUT2D eigenvalue weighted by atomic mass is 16.1. The smallest absolute Gasteiger partial charge is 0.211 e. The second-order valence-corrected chi connectivity index (χ2v) is 6.68. The lowest BCUT2D eigenvalue weighted by molar-refractivity contribution is 0.250. The predicted molar refractivity (Wildman–Crippen MR) is 88.2 cm³/mol. The first kappa shape index (κ1) is 18.8. The molecule has 0 aromatic heterocycles. The van der Waals surface area contributed by atoms with Crippen LogP contribution < -0.4 is 0 Å². The third-order valence-electron chi connectivity index (χ3n) is 5.08. The van der Waals surface area contributed by atoms with Gasteiger partial charge in [-0.25, -0.2) is 19.6 Å². The predicted octanol–water partition coefficient (Wildman–Crippen LogP) is 4.30. The summed E-state index contributed by atoms with van der Waals surface area (Å²) in [6, 6.07) is 0. The lowest BCUT2D eigenvalue weighted by Crippen LogP contribution is -2.24. The molecule has 2 aliphatic carbocycles. The maximum absolute atomic E-state index is 10.1. The van der Waals surface area contributed by atoms with Crippen molar-refractivity contribution in [1.29, 1.82) is 0 Å². The monoisotopic (exact) mass is 306 g/mol. The zero-order chi connectivity index (χ0) is 16.2. The van der Waals surface area contributed by atoms with Gasteiger partial charge in [0.2, 0.25) is 12.2 Å². The second kappa shape index (κ2) is 11.3. The lowest BCUT2D eigenvalue weighted by atomic mass is 9.80. The molecule has 0 aromatic rings. The van der Waals surface area contributed by atoms with Gasteiger partial charge in [0.25, 0.3) is 0 Å². The minimum Gasteiger partial charge on any atom is -0.211 e. The van der Waals surface area contributed by atoms with Gasteiger partial charge in [-0.05, 0) is 42.9 Å². The summed E-state index contributed by atoms with van der Waals surface area (Å²) in [5.41, 5.74) is 0. The van der Waals surface area contributed by atoms with Gasteiger partial charge in [-0.1, -0.05) is 46.0 Å². The molecule has 4 heteroatoms. The second-order valence-electron chi connectivity index (χ2n) is 6.68. The summed E-state index contributed by atoms with van der Waals surface area (Å²) in [6.45, 7) is 5.70. The Balaban J connectivity index is 0.000000295. The summed E-state index contributed by atoms with van der Waals surface area (Å²) >= 11 is 0. The molecule has 4 nitrogen and oxygen atoms in total. The lowest BCUT2D eigenvalue weighted by Gasteiger charge is -2.26. The number of carbonyl (C=O) groups excluding carboxylic acids is 2. The molecule has 0 amide bonds. The van der Waals surface area contributed by atoms with Crippen LogP contribution in [0.1, 0.15) is 65.2 Å². The Hall–Kier alpha value is -1.24. The van der Waals surface area contributed by atoms with E-state index in [2.05, 4.69) is 23.8 Å². The van der Waals surface area contributed by atoms with E-state index in [1.807, 2.05) is 0 Å². The third kappa shape index (κ3) is 6.25. The molecule has 22 heavy (non-hydrogen) atoms. The average molecular weight is 306 g/mol. The SMILES string of the molecule is CCCCCCC.O=C=NCC1CC2CC(CN=C=O)C1C2. The normalized spacial score (nSPS) is 28.3. The van der Waals surface area contributed by atoms with Crippen molar-refractivity contribution in [3.8, 4) is 0 Å². The Morgan fingerprint density at radius 2 is 1.32 bits per heavy atom. The number of aliphatic imine (C=N–C) groups is 2. The molecule has 2 bridgehead atoms. The van der Waals surface area contributed by atoms with Crippen LogP contribution in [0.15, 0.2) is 9.98 Å². The van der Waals surface area contributed by atoms with Gasteiger partial charge in [-0.3, -0.25) is 0 Å². The Bertz CT molecular complexity index is 364. The van der Waals surface area contributed by atoms with E-state index in [0.29, 0.717) is 30.8 Å². The first-order valence-electron chi connectivity index (χ1n) is 8.83. The van der Waals surface area contributed by atoms with Crippen molar-refractivity contribution in [3.63, 3.8) is 0 Å². The molecule has 0 spiro atoms. The summed E-state index contributed by atoms with van der Waals surface area (Å²) < 4.78 is 0. The van der Waals surface area contributed by atoms with E-state index in [1.165, 1.54) is 51.4 Å². The number of nitrogens with zero attached hydrogens (tertiary/aromatic N) is 2. The number of unbranched alkanes of at least 4 members (excludes halogenated alkanes) is 4. The van der Waals surface area contributed by atoms with Crippen molar-refractivity contribution in [1.82, 2.24) is 0 Å². The van der Waals surface area contributed by atoms with Crippen molar-refractivity contribution in [2.45, 2.75) is 65.2 Å². The molecule has 2 atom stereocenters. The van der Waals surface area contributed by atoms with Gasteiger partial charge in [-0.15, -0.1) is 0 Å². The molecule has 2 unspecified atom stereocenters. The molecule has 124 valence electrons. The Labute approximate surface area is 134 Å². The molecule has 2 fully saturated rings. The molecular formula is C18H30N2O2. The van der Waals surface area contributed by atoms with Crippen LogP contribution in [-0.2, 0) is 9.59 Å². The molecule has 0 aromatic carbocycles. The average Bonchev–Trinajstić information content (AvgIpc) is 3.12.